The van der Waals surface area contributed by atoms with Gasteiger partial charge in [-0.25, -0.2) is 0 Å². The molecule has 3 heteroatoms. The Hall–Kier alpha value is -2.13. The van der Waals surface area contributed by atoms with E-state index in [2.05, 4.69) is 70.5 Å². The Morgan fingerprint density at radius 1 is 0.750 bits per heavy atom. The molecule has 2 atom stereocenters. The molecule has 0 radical (unpaired) electrons. The summed E-state index contributed by atoms with van der Waals surface area (Å²) >= 11 is 0. The summed E-state index contributed by atoms with van der Waals surface area (Å²) in [5.74, 6) is 2.43. The third-order valence-electron chi connectivity index (χ3n) is 8.29. The molecule has 2 aromatic rings. The molecule has 3 nitrogen and oxygen atoms in total. The van der Waals surface area contributed by atoms with E-state index in [1.54, 1.807) is 0 Å². The average molecular weight is 431 g/mol. The topological polar surface area (TPSA) is 23.6 Å². The molecule has 1 saturated carbocycles. The van der Waals surface area contributed by atoms with Crippen molar-refractivity contribution in [1.29, 1.82) is 0 Å². The number of carbonyl (C=O) groups excluding carboxylic acids is 1. The van der Waals surface area contributed by atoms with Gasteiger partial charge < -0.3 is 9.80 Å². The molecule has 2 unspecified atom stereocenters. The molecule has 0 aromatic heterocycles. The van der Waals surface area contributed by atoms with Crippen LogP contribution in [0.1, 0.15) is 67.9 Å². The highest BCUT2D eigenvalue weighted by Gasteiger charge is 2.39. The quantitative estimate of drug-likeness (QED) is 0.608. The predicted molar refractivity (Wildman–Crippen MR) is 131 cm³/mol. The Balaban J connectivity index is 1.24. The minimum Gasteiger partial charge on any atom is -0.341 e. The minimum absolute atomic E-state index is 0.278. The lowest BCUT2D eigenvalue weighted by Crippen LogP contribution is -2.39. The lowest BCUT2D eigenvalue weighted by Gasteiger charge is -2.35. The van der Waals surface area contributed by atoms with E-state index in [0.29, 0.717) is 23.7 Å². The maximum absolute atomic E-state index is 13.3. The first-order valence-electron chi connectivity index (χ1n) is 12.9. The summed E-state index contributed by atoms with van der Waals surface area (Å²) in [5.41, 5.74) is 2.91. The molecule has 3 aliphatic rings. The van der Waals surface area contributed by atoms with Gasteiger partial charge in [0.1, 0.15) is 0 Å². The van der Waals surface area contributed by atoms with Crippen LogP contribution in [0.5, 0.6) is 0 Å². The number of rotatable bonds is 5. The SMILES string of the molecule is O=C(C1CCCCC1)N1CC(CN2CCC(c3ccccc3)CC2)C(c2ccccc2)C1. The van der Waals surface area contributed by atoms with Crippen molar-refractivity contribution < 1.29 is 4.79 Å². The molecular formula is C29H38N2O. The summed E-state index contributed by atoms with van der Waals surface area (Å²) in [5, 5.41) is 0. The molecule has 5 rings (SSSR count). The van der Waals surface area contributed by atoms with E-state index in [-0.39, 0.29) is 5.92 Å². The van der Waals surface area contributed by atoms with Gasteiger partial charge in [-0.2, -0.15) is 0 Å². The second-order valence-corrected chi connectivity index (χ2v) is 10.3. The third kappa shape index (κ3) is 4.93. The maximum atomic E-state index is 13.3. The number of nitrogens with zero attached hydrogens (tertiary/aromatic N) is 2. The van der Waals surface area contributed by atoms with Gasteiger partial charge in [0.05, 0.1) is 0 Å². The summed E-state index contributed by atoms with van der Waals surface area (Å²) in [4.78, 5) is 18.2. The number of benzene rings is 2. The van der Waals surface area contributed by atoms with Crippen molar-refractivity contribution in [3.05, 3.63) is 71.8 Å². The van der Waals surface area contributed by atoms with Crippen LogP contribution in [0.4, 0.5) is 0 Å². The summed E-state index contributed by atoms with van der Waals surface area (Å²) in [6.45, 7) is 5.32. The first-order chi connectivity index (χ1) is 15.8. The zero-order chi connectivity index (χ0) is 21.8. The summed E-state index contributed by atoms with van der Waals surface area (Å²) in [7, 11) is 0. The number of likely N-dealkylation sites (tertiary alicyclic amines) is 2. The van der Waals surface area contributed by atoms with E-state index in [1.807, 2.05) is 0 Å². The lowest BCUT2D eigenvalue weighted by molar-refractivity contribution is -0.135. The Bertz CT molecular complexity index is 853. The van der Waals surface area contributed by atoms with Gasteiger partial charge in [-0.3, -0.25) is 4.79 Å². The monoisotopic (exact) mass is 430 g/mol. The highest BCUT2D eigenvalue weighted by molar-refractivity contribution is 5.79. The Morgan fingerprint density at radius 3 is 2.03 bits per heavy atom. The highest BCUT2D eigenvalue weighted by atomic mass is 16.2. The van der Waals surface area contributed by atoms with Crippen molar-refractivity contribution in [3.63, 3.8) is 0 Å². The van der Waals surface area contributed by atoms with E-state index < -0.39 is 0 Å². The van der Waals surface area contributed by atoms with Crippen LogP contribution >= 0.6 is 0 Å². The zero-order valence-electron chi connectivity index (χ0n) is 19.4. The van der Waals surface area contributed by atoms with Crippen molar-refractivity contribution in [2.24, 2.45) is 11.8 Å². The Morgan fingerprint density at radius 2 is 1.38 bits per heavy atom. The van der Waals surface area contributed by atoms with Crippen LogP contribution in [0.3, 0.4) is 0 Å². The fourth-order valence-corrected chi connectivity index (χ4v) is 6.43. The molecular weight excluding hydrogens is 392 g/mol. The van der Waals surface area contributed by atoms with E-state index in [4.69, 9.17) is 0 Å². The molecule has 0 bridgehead atoms. The van der Waals surface area contributed by atoms with E-state index in [1.165, 1.54) is 56.3 Å². The van der Waals surface area contributed by atoms with Crippen molar-refractivity contribution in [2.75, 3.05) is 32.7 Å². The van der Waals surface area contributed by atoms with Crippen molar-refractivity contribution in [3.8, 4) is 0 Å². The normalized spacial score (nSPS) is 25.8. The van der Waals surface area contributed by atoms with Gasteiger partial charge in [-0.15, -0.1) is 0 Å². The van der Waals surface area contributed by atoms with E-state index in [9.17, 15) is 4.79 Å². The predicted octanol–water partition coefficient (Wildman–Crippen LogP) is 5.69. The Kier molecular flexibility index (Phi) is 6.92. The van der Waals surface area contributed by atoms with Crippen LogP contribution in [0.15, 0.2) is 60.7 Å². The fraction of sp³-hybridized carbons (Fsp3) is 0.552. The molecule has 1 aliphatic carbocycles. The Labute approximate surface area is 193 Å². The molecule has 2 saturated heterocycles. The largest absolute Gasteiger partial charge is 0.341 e. The van der Waals surface area contributed by atoms with Gasteiger partial charge in [-0.05, 0) is 61.7 Å². The highest BCUT2D eigenvalue weighted by Crippen LogP contribution is 2.37. The first kappa shape index (κ1) is 21.7. The third-order valence-corrected chi connectivity index (χ3v) is 8.29. The lowest BCUT2D eigenvalue weighted by atomic mass is 9.86. The molecule has 170 valence electrons. The molecule has 0 N–H and O–H groups in total. The van der Waals surface area contributed by atoms with Crippen molar-refractivity contribution in [2.45, 2.75) is 56.8 Å². The number of amides is 1. The second-order valence-electron chi connectivity index (χ2n) is 10.3. The van der Waals surface area contributed by atoms with Gasteiger partial charge in [0, 0.05) is 31.5 Å². The maximum Gasteiger partial charge on any atom is 0.225 e. The number of hydrogen-bond donors (Lipinski definition) is 0. The van der Waals surface area contributed by atoms with Crippen LogP contribution in [-0.2, 0) is 4.79 Å². The fourth-order valence-electron chi connectivity index (χ4n) is 6.43. The molecule has 3 fully saturated rings. The van der Waals surface area contributed by atoms with E-state index >= 15 is 0 Å². The van der Waals surface area contributed by atoms with Crippen LogP contribution in [0.25, 0.3) is 0 Å². The molecule has 32 heavy (non-hydrogen) atoms. The van der Waals surface area contributed by atoms with Gasteiger partial charge >= 0.3 is 0 Å². The van der Waals surface area contributed by atoms with Gasteiger partial charge in [0.2, 0.25) is 5.91 Å². The number of hydrogen-bond acceptors (Lipinski definition) is 2. The second kappa shape index (κ2) is 10.2. The summed E-state index contributed by atoms with van der Waals surface area (Å²) in [6, 6.07) is 22.0. The van der Waals surface area contributed by atoms with Crippen LogP contribution in [0, 0.1) is 11.8 Å². The van der Waals surface area contributed by atoms with Gasteiger partial charge in [0.25, 0.3) is 0 Å². The number of piperidine rings is 1. The molecule has 2 aromatic carbocycles. The standard InChI is InChI=1S/C29H38N2O/c32-29(26-14-8-3-9-15-26)31-21-27(28(22-31)25-12-6-2-7-13-25)20-30-18-16-24(17-19-30)23-10-4-1-5-11-23/h1-2,4-7,10-13,24,26-28H,3,8-9,14-22H2. The average Bonchev–Trinajstić information content (AvgIpc) is 3.29. The summed E-state index contributed by atoms with van der Waals surface area (Å²) in [6.07, 6.45) is 8.46. The van der Waals surface area contributed by atoms with Gasteiger partial charge in [-0.1, -0.05) is 79.9 Å². The smallest absolute Gasteiger partial charge is 0.225 e. The molecule has 1 amide bonds. The van der Waals surface area contributed by atoms with E-state index in [0.717, 1.165) is 32.5 Å². The van der Waals surface area contributed by atoms with Crippen molar-refractivity contribution in [1.82, 2.24) is 9.80 Å². The minimum atomic E-state index is 0.278. The van der Waals surface area contributed by atoms with Crippen LogP contribution < -0.4 is 0 Å². The van der Waals surface area contributed by atoms with Crippen LogP contribution in [-0.4, -0.2) is 48.4 Å². The molecule has 0 spiro atoms. The van der Waals surface area contributed by atoms with Crippen molar-refractivity contribution >= 4 is 5.91 Å². The number of carbonyl (C=O) groups is 1. The first-order valence-corrected chi connectivity index (χ1v) is 12.9. The molecule has 2 aliphatic heterocycles. The van der Waals surface area contributed by atoms with Crippen LogP contribution in [0.2, 0.25) is 0 Å². The zero-order valence-corrected chi connectivity index (χ0v) is 19.4. The summed E-state index contributed by atoms with van der Waals surface area (Å²) < 4.78 is 0. The molecule has 2 heterocycles. The van der Waals surface area contributed by atoms with Gasteiger partial charge in [0.15, 0.2) is 0 Å².